The van der Waals surface area contributed by atoms with Gasteiger partial charge in [0.2, 0.25) is 0 Å². The molecule has 0 aliphatic carbocycles. The number of aryl methyl sites for hydroxylation is 1. The van der Waals surface area contributed by atoms with Crippen LogP contribution < -0.4 is 11.1 Å². The molecule has 2 aromatic rings. The molecular formula is C13H13N3O5S. The fourth-order valence-corrected chi connectivity index (χ4v) is 2.40. The Morgan fingerprint density at radius 2 is 1.82 bits per heavy atom. The van der Waals surface area contributed by atoms with Gasteiger partial charge in [-0.2, -0.15) is 8.42 Å². The maximum atomic E-state index is 11.1. The molecule has 8 nitrogen and oxygen atoms in total. The maximum absolute atomic E-state index is 11.1. The second-order valence-electron chi connectivity index (χ2n) is 4.61. The summed E-state index contributed by atoms with van der Waals surface area (Å²) >= 11 is 0. The van der Waals surface area contributed by atoms with Crippen LogP contribution in [0.2, 0.25) is 0 Å². The second kappa shape index (κ2) is 5.62. The number of nitrogen functional groups attached to an aromatic ring is 1. The van der Waals surface area contributed by atoms with Gasteiger partial charge in [0.1, 0.15) is 10.6 Å². The minimum Gasteiger partial charge on any atom is -0.399 e. The van der Waals surface area contributed by atoms with Crippen LogP contribution in [0.3, 0.4) is 0 Å². The van der Waals surface area contributed by atoms with Crippen LogP contribution >= 0.6 is 0 Å². The van der Waals surface area contributed by atoms with Crippen molar-refractivity contribution in [1.82, 2.24) is 0 Å². The van der Waals surface area contributed by atoms with Crippen molar-refractivity contribution in [2.75, 3.05) is 11.1 Å². The second-order valence-corrected chi connectivity index (χ2v) is 6.03. The number of nitro groups is 1. The van der Waals surface area contributed by atoms with Crippen molar-refractivity contribution in [3.8, 4) is 0 Å². The summed E-state index contributed by atoms with van der Waals surface area (Å²) in [6.45, 7) is 1.77. The van der Waals surface area contributed by atoms with Gasteiger partial charge in [-0.3, -0.25) is 14.7 Å². The van der Waals surface area contributed by atoms with Crippen molar-refractivity contribution < 1.29 is 17.9 Å². The molecule has 0 amide bonds. The Morgan fingerprint density at radius 1 is 1.18 bits per heavy atom. The van der Waals surface area contributed by atoms with Crippen molar-refractivity contribution in [2.24, 2.45) is 0 Å². The molecule has 0 spiro atoms. The summed E-state index contributed by atoms with van der Waals surface area (Å²) in [4.78, 5) is 9.82. The summed E-state index contributed by atoms with van der Waals surface area (Å²) in [7, 11) is -4.51. The van der Waals surface area contributed by atoms with Crippen LogP contribution in [-0.4, -0.2) is 17.9 Å². The average molecular weight is 323 g/mol. The Balaban J connectivity index is 2.49. The Hall–Kier alpha value is -2.65. The van der Waals surface area contributed by atoms with E-state index in [1.807, 2.05) is 0 Å². The minimum atomic E-state index is -4.51. The van der Waals surface area contributed by atoms with E-state index in [-0.39, 0.29) is 5.69 Å². The highest BCUT2D eigenvalue weighted by Gasteiger charge is 2.20. The molecule has 2 rings (SSSR count). The number of nitrogens with one attached hydrogen (secondary N) is 1. The van der Waals surface area contributed by atoms with Gasteiger partial charge in [-0.05, 0) is 42.8 Å². The zero-order valence-electron chi connectivity index (χ0n) is 11.5. The van der Waals surface area contributed by atoms with Crippen LogP contribution in [-0.2, 0) is 10.1 Å². The Kier molecular flexibility index (Phi) is 4.02. The lowest BCUT2D eigenvalue weighted by molar-refractivity contribution is -0.384. The largest absolute Gasteiger partial charge is 0.399 e. The average Bonchev–Trinajstić information content (AvgIpc) is 2.40. The summed E-state index contributed by atoms with van der Waals surface area (Å²) in [5.41, 5.74) is 7.19. The molecule has 4 N–H and O–H groups in total. The topological polar surface area (TPSA) is 136 Å². The molecule has 0 atom stereocenters. The molecule has 0 fully saturated rings. The molecular weight excluding hydrogens is 310 g/mol. The standard InChI is InChI=1S/C13H13N3O5S/c1-8-6-9(14)2-4-11(8)15-12-5-3-10(22(19,20)21)7-13(12)16(17)18/h2-7,15H,14H2,1H3,(H,19,20,21). The van der Waals surface area contributed by atoms with Crippen LogP contribution in [0.4, 0.5) is 22.7 Å². The number of benzene rings is 2. The molecule has 9 heteroatoms. The van der Waals surface area contributed by atoms with Gasteiger partial charge in [0.15, 0.2) is 0 Å². The van der Waals surface area contributed by atoms with Gasteiger partial charge in [0, 0.05) is 17.4 Å². The molecule has 2 aromatic carbocycles. The van der Waals surface area contributed by atoms with Crippen molar-refractivity contribution >= 4 is 32.9 Å². The number of hydrogen-bond donors (Lipinski definition) is 3. The molecule has 0 saturated heterocycles. The van der Waals surface area contributed by atoms with E-state index in [4.69, 9.17) is 10.3 Å². The van der Waals surface area contributed by atoms with E-state index < -0.39 is 25.6 Å². The zero-order chi connectivity index (χ0) is 16.5. The highest BCUT2D eigenvalue weighted by atomic mass is 32.2. The summed E-state index contributed by atoms with van der Waals surface area (Å²) in [6, 6.07) is 8.08. The van der Waals surface area contributed by atoms with Gasteiger partial charge in [-0.15, -0.1) is 0 Å². The first kappa shape index (κ1) is 15.7. The lowest BCUT2D eigenvalue weighted by Crippen LogP contribution is -2.03. The van der Waals surface area contributed by atoms with Crippen LogP contribution in [0.25, 0.3) is 0 Å². The summed E-state index contributed by atoms with van der Waals surface area (Å²) in [6.07, 6.45) is 0. The molecule has 0 bridgehead atoms. The molecule has 0 unspecified atom stereocenters. The monoisotopic (exact) mass is 323 g/mol. The molecule has 0 aromatic heterocycles. The number of anilines is 3. The van der Waals surface area contributed by atoms with Crippen molar-refractivity contribution in [3.63, 3.8) is 0 Å². The number of hydrogen-bond acceptors (Lipinski definition) is 6. The fraction of sp³-hybridized carbons (Fsp3) is 0.0769. The van der Waals surface area contributed by atoms with Gasteiger partial charge >= 0.3 is 0 Å². The van der Waals surface area contributed by atoms with Gasteiger partial charge < -0.3 is 11.1 Å². The van der Waals surface area contributed by atoms with Gasteiger partial charge in [-0.1, -0.05) is 0 Å². The zero-order valence-corrected chi connectivity index (χ0v) is 12.3. The molecule has 116 valence electrons. The SMILES string of the molecule is Cc1cc(N)ccc1Nc1ccc(S(=O)(=O)O)cc1[N+](=O)[O-]. The Morgan fingerprint density at radius 3 is 2.36 bits per heavy atom. The fourth-order valence-electron chi connectivity index (χ4n) is 1.90. The number of nitrogens with zero attached hydrogens (tertiary/aromatic N) is 1. The van der Waals surface area contributed by atoms with Crippen LogP contribution in [0.5, 0.6) is 0 Å². The maximum Gasteiger partial charge on any atom is 0.294 e. The number of rotatable bonds is 4. The summed E-state index contributed by atoms with van der Waals surface area (Å²) < 4.78 is 31.1. The third-order valence-electron chi connectivity index (χ3n) is 2.98. The Labute approximate surface area is 126 Å². The van der Waals surface area contributed by atoms with E-state index in [2.05, 4.69) is 5.32 Å². The van der Waals surface area contributed by atoms with E-state index >= 15 is 0 Å². The van der Waals surface area contributed by atoms with Gasteiger partial charge in [0.25, 0.3) is 15.8 Å². The predicted molar refractivity (Wildman–Crippen MR) is 81.8 cm³/mol. The first-order valence-electron chi connectivity index (χ1n) is 6.07. The van der Waals surface area contributed by atoms with E-state index in [9.17, 15) is 18.5 Å². The van der Waals surface area contributed by atoms with Gasteiger partial charge in [-0.25, -0.2) is 0 Å². The highest BCUT2D eigenvalue weighted by molar-refractivity contribution is 7.85. The van der Waals surface area contributed by atoms with E-state index in [0.717, 1.165) is 17.7 Å². The van der Waals surface area contributed by atoms with Gasteiger partial charge in [0.05, 0.1) is 4.92 Å². The Bertz CT molecular complexity index is 849. The van der Waals surface area contributed by atoms with E-state index in [1.165, 1.54) is 6.07 Å². The lowest BCUT2D eigenvalue weighted by atomic mass is 10.1. The highest BCUT2D eigenvalue weighted by Crippen LogP contribution is 2.31. The third-order valence-corrected chi connectivity index (χ3v) is 3.83. The molecule has 22 heavy (non-hydrogen) atoms. The quantitative estimate of drug-likeness (QED) is 0.340. The molecule has 0 radical (unpaired) electrons. The van der Waals surface area contributed by atoms with Crippen molar-refractivity contribution in [3.05, 3.63) is 52.1 Å². The van der Waals surface area contributed by atoms with Crippen molar-refractivity contribution in [2.45, 2.75) is 11.8 Å². The number of nitro benzene ring substituents is 1. The molecule has 0 aliphatic heterocycles. The lowest BCUT2D eigenvalue weighted by Gasteiger charge is -2.11. The minimum absolute atomic E-state index is 0.102. The summed E-state index contributed by atoms with van der Waals surface area (Å²) in [5, 5.41) is 14.0. The number of nitrogens with two attached hydrogens (primary N) is 1. The van der Waals surface area contributed by atoms with E-state index in [0.29, 0.717) is 11.4 Å². The van der Waals surface area contributed by atoms with Crippen LogP contribution in [0, 0.1) is 17.0 Å². The molecule has 0 aliphatic rings. The molecule has 0 heterocycles. The first-order chi connectivity index (χ1) is 10.2. The normalized spacial score (nSPS) is 11.2. The summed E-state index contributed by atoms with van der Waals surface area (Å²) in [5.74, 6) is 0. The first-order valence-corrected chi connectivity index (χ1v) is 7.51. The van der Waals surface area contributed by atoms with Crippen LogP contribution in [0.1, 0.15) is 5.56 Å². The van der Waals surface area contributed by atoms with E-state index in [1.54, 1.807) is 25.1 Å². The smallest absolute Gasteiger partial charge is 0.294 e. The third kappa shape index (κ3) is 3.32. The predicted octanol–water partition coefficient (Wildman–Crippen LogP) is 2.48. The van der Waals surface area contributed by atoms with Crippen molar-refractivity contribution in [1.29, 1.82) is 0 Å². The van der Waals surface area contributed by atoms with Crippen LogP contribution in [0.15, 0.2) is 41.3 Å². The molecule has 0 saturated carbocycles.